The van der Waals surface area contributed by atoms with Crippen molar-refractivity contribution in [1.29, 1.82) is 0 Å². The van der Waals surface area contributed by atoms with Crippen molar-refractivity contribution in [2.75, 3.05) is 6.26 Å². The number of hydrogen-bond donors (Lipinski definition) is 0. The van der Waals surface area contributed by atoms with Gasteiger partial charge in [-0.15, -0.1) is 6.42 Å². The number of rotatable bonds is 4. The molecule has 0 aliphatic rings. The van der Waals surface area contributed by atoms with E-state index in [4.69, 9.17) is 18.0 Å². The number of sulfone groups is 1. The molecule has 1 heterocycles. The lowest BCUT2D eigenvalue weighted by molar-refractivity contribution is -0.113. The van der Waals surface area contributed by atoms with Crippen molar-refractivity contribution in [3.05, 3.63) is 63.9 Å². The molecule has 3 rings (SSSR count). The standard InChI is InChI=1S/C20H15ClN2O3S2/c1-3-12-23-17-10-9-15(28(2,25)26)13-18(17)27-20(23)22-19(24)11-8-14-6-4-5-7-16(14)21/h1,4-11,13H,12H2,2H3/b11-8+,22-20?. The van der Waals surface area contributed by atoms with Crippen molar-refractivity contribution in [2.45, 2.75) is 11.4 Å². The van der Waals surface area contributed by atoms with Crippen LogP contribution < -0.4 is 4.80 Å². The number of benzene rings is 2. The van der Waals surface area contributed by atoms with E-state index in [2.05, 4.69) is 10.9 Å². The van der Waals surface area contributed by atoms with Gasteiger partial charge in [0, 0.05) is 17.4 Å². The Balaban J connectivity index is 2.05. The van der Waals surface area contributed by atoms with E-state index >= 15 is 0 Å². The number of carbonyl (C=O) groups is 1. The highest BCUT2D eigenvalue weighted by molar-refractivity contribution is 7.90. The Bertz CT molecular complexity index is 1310. The first-order valence-corrected chi connectivity index (χ1v) is 11.2. The normalized spacial score (nSPS) is 12.5. The predicted octanol–water partition coefficient (Wildman–Crippen LogP) is 3.53. The number of thiazole rings is 1. The molecule has 8 heteroatoms. The molecular weight excluding hydrogens is 416 g/mol. The summed E-state index contributed by atoms with van der Waals surface area (Å²) in [7, 11) is -3.34. The molecular formula is C20H15ClN2O3S2. The van der Waals surface area contributed by atoms with Gasteiger partial charge in [-0.2, -0.15) is 4.99 Å². The van der Waals surface area contributed by atoms with Crippen molar-refractivity contribution >= 4 is 55.0 Å². The van der Waals surface area contributed by atoms with Crippen LogP contribution in [-0.2, 0) is 21.2 Å². The molecule has 3 aromatic rings. The molecule has 142 valence electrons. The number of carbonyl (C=O) groups excluding carboxylic acids is 1. The highest BCUT2D eigenvalue weighted by Gasteiger charge is 2.12. The summed E-state index contributed by atoms with van der Waals surface area (Å²) in [5.41, 5.74) is 1.43. The molecule has 0 fully saturated rings. The van der Waals surface area contributed by atoms with E-state index in [0.29, 0.717) is 20.1 Å². The Morgan fingerprint density at radius 1 is 1.32 bits per heavy atom. The molecule has 5 nitrogen and oxygen atoms in total. The van der Waals surface area contributed by atoms with Gasteiger partial charge in [0.05, 0.1) is 21.7 Å². The first kappa shape index (κ1) is 20.1. The maximum Gasteiger partial charge on any atom is 0.272 e. The molecule has 0 saturated carbocycles. The summed E-state index contributed by atoms with van der Waals surface area (Å²) in [6, 6.07) is 11.9. The molecule has 0 radical (unpaired) electrons. The topological polar surface area (TPSA) is 68.5 Å². The predicted molar refractivity (Wildman–Crippen MR) is 113 cm³/mol. The number of aromatic nitrogens is 1. The van der Waals surface area contributed by atoms with Crippen LogP contribution >= 0.6 is 22.9 Å². The third-order valence-electron chi connectivity index (χ3n) is 3.85. The molecule has 0 unspecified atom stereocenters. The van der Waals surface area contributed by atoms with Crippen molar-refractivity contribution in [1.82, 2.24) is 4.57 Å². The maximum atomic E-state index is 12.3. The Morgan fingerprint density at radius 3 is 2.75 bits per heavy atom. The SMILES string of the molecule is C#CCn1c(=NC(=O)/C=C/c2ccccc2Cl)sc2cc(S(C)(=O)=O)ccc21. The van der Waals surface area contributed by atoms with Gasteiger partial charge in [-0.05, 0) is 35.9 Å². The van der Waals surface area contributed by atoms with E-state index in [0.717, 1.165) is 11.8 Å². The maximum absolute atomic E-state index is 12.3. The lowest BCUT2D eigenvalue weighted by atomic mass is 10.2. The van der Waals surface area contributed by atoms with Crippen LogP contribution in [0.25, 0.3) is 16.3 Å². The van der Waals surface area contributed by atoms with Gasteiger partial charge >= 0.3 is 0 Å². The van der Waals surface area contributed by atoms with E-state index < -0.39 is 15.7 Å². The van der Waals surface area contributed by atoms with Crippen LogP contribution in [-0.4, -0.2) is 25.1 Å². The zero-order chi connectivity index (χ0) is 20.3. The summed E-state index contributed by atoms with van der Waals surface area (Å²) in [4.78, 5) is 17.0. The first-order chi connectivity index (χ1) is 13.3. The lowest BCUT2D eigenvalue weighted by Gasteiger charge is -2.01. The summed E-state index contributed by atoms with van der Waals surface area (Å²) >= 11 is 7.28. The van der Waals surface area contributed by atoms with Crippen LogP contribution in [0.4, 0.5) is 0 Å². The fourth-order valence-electron chi connectivity index (χ4n) is 2.52. The fourth-order valence-corrected chi connectivity index (χ4v) is 4.51. The van der Waals surface area contributed by atoms with E-state index in [1.807, 2.05) is 6.07 Å². The van der Waals surface area contributed by atoms with Crippen LogP contribution in [0.15, 0.2) is 58.4 Å². The molecule has 0 bridgehead atoms. The molecule has 0 spiro atoms. The Hall–Kier alpha value is -2.66. The zero-order valence-electron chi connectivity index (χ0n) is 14.8. The monoisotopic (exact) mass is 430 g/mol. The van der Waals surface area contributed by atoms with Crippen LogP contribution in [0.3, 0.4) is 0 Å². The molecule has 0 saturated heterocycles. The Morgan fingerprint density at radius 2 is 2.07 bits per heavy atom. The fraction of sp³-hybridized carbons (Fsp3) is 0.100. The molecule has 0 atom stereocenters. The molecule has 1 amide bonds. The lowest BCUT2D eigenvalue weighted by Crippen LogP contribution is -2.15. The molecule has 0 N–H and O–H groups in total. The smallest absolute Gasteiger partial charge is 0.272 e. The number of hydrogen-bond acceptors (Lipinski definition) is 4. The van der Waals surface area contributed by atoms with E-state index in [9.17, 15) is 13.2 Å². The van der Waals surface area contributed by atoms with Crippen LogP contribution in [0.1, 0.15) is 5.56 Å². The van der Waals surface area contributed by atoms with Crippen molar-refractivity contribution < 1.29 is 13.2 Å². The van der Waals surface area contributed by atoms with Gasteiger partial charge in [0.15, 0.2) is 14.6 Å². The van der Waals surface area contributed by atoms with Gasteiger partial charge < -0.3 is 4.57 Å². The summed E-state index contributed by atoms with van der Waals surface area (Å²) in [6.07, 6.45) is 9.51. The van der Waals surface area contributed by atoms with Crippen LogP contribution in [0.2, 0.25) is 5.02 Å². The largest absolute Gasteiger partial charge is 0.305 e. The molecule has 0 aliphatic carbocycles. The molecule has 2 aromatic carbocycles. The second kappa shape index (κ2) is 8.15. The second-order valence-corrected chi connectivity index (χ2v) is 9.31. The minimum Gasteiger partial charge on any atom is -0.305 e. The van der Waals surface area contributed by atoms with Crippen molar-refractivity contribution in [2.24, 2.45) is 4.99 Å². The number of fused-ring (bicyclic) bond motifs is 1. The summed E-state index contributed by atoms with van der Waals surface area (Å²) in [5.74, 6) is 2.06. The number of halogens is 1. The van der Waals surface area contributed by atoms with Crippen LogP contribution in [0, 0.1) is 12.3 Å². The number of terminal acetylenes is 1. The molecule has 28 heavy (non-hydrogen) atoms. The highest BCUT2D eigenvalue weighted by Crippen LogP contribution is 2.22. The molecule has 0 aliphatic heterocycles. The summed E-state index contributed by atoms with van der Waals surface area (Å²) < 4.78 is 26.0. The zero-order valence-corrected chi connectivity index (χ0v) is 17.2. The average molecular weight is 431 g/mol. The second-order valence-electron chi connectivity index (χ2n) is 5.88. The summed E-state index contributed by atoms with van der Waals surface area (Å²) in [5, 5.41) is 0.532. The van der Waals surface area contributed by atoms with E-state index in [-0.39, 0.29) is 11.4 Å². The van der Waals surface area contributed by atoms with Gasteiger partial charge in [-0.1, -0.05) is 47.1 Å². The molecule has 1 aromatic heterocycles. The Labute approximate surface area is 171 Å². The third-order valence-corrected chi connectivity index (χ3v) is 6.34. The van der Waals surface area contributed by atoms with Gasteiger partial charge in [-0.3, -0.25) is 4.79 Å². The van der Waals surface area contributed by atoms with Gasteiger partial charge in [0.25, 0.3) is 5.91 Å². The van der Waals surface area contributed by atoms with Gasteiger partial charge in [0.1, 0.15) is 0 Å². The minimum atomic E-state index is -3.34. The average Bonchev–Trinajstić information content (AvgIpc) is 2.97. The van der Waals surface area contributed by atoms with Gasteiger partial charge in [-0.25, -0.2) is 8.42 Å². The van der Waals surface area contributed by atoms with Crippen molar-refractivity contribution in [3.8, 4) is 12.3 Å². The van der Waals surface area contributed by atoms with E-state index in [1.54, 1.807) is 41.0 Å². The third kappa shape index (κ3) is 4.42. The van der Waals surface area contributed by atoms with E-state index in [1.165, 1.54) is 23.5 Å². The van der Waals surface area contributed by atoms with Gasteiger partial charge in [0.2, 0.25) is 0 Å². The highest BCUT2D eigenvalue weighted by atomic mass is 35.5. The minimum absolute atomic E-state index is 0.200. The number of nitrogens with zero attached hydrogens (tertiary/aromatic N) is 2. The quantitative estimate of drug-likeness (QED) is 0.469. The summed E-state index contributed by atoms with van der Waals surface area (Å²) in [6.45, 7) is 0.207. The Kier molecular flexibility index (Phi) is 5.84. The first-order valence-electron chi connectivity index (χ1n) is 8.08. The van der Waals surface area contributed by atoms with Crippen LogP contribution in [0.5, 0.6) is 0 Å². The van der Waals surface area contributed by atoms with Crippen molar-refractivity contribution in [3.63, 3.8) is 0 Å². The number of amides is 1.